The average Bonchev–Trinajstić information content (AvgIpc) is 3.26. The van der Waals surface area contributed by atoms with Gasteiger partial charge in [0.15, 0.2) is 0 Å². The Morgan fingerprint density at radius 1 is 0.868 bits per heavy atom. The minimum absolute atomic E-state index is 0.0706. The monoisotopic (exact) mass is 551 g/mol. The van der Waals surface area contributed by atoms with Crippen LogP contribution in [0.5, 0.6) is 0 Å². The first kappa shape index (κ1) is 30.1. The number of carbonyl (C=O) groups is 6. The van der Waals surface area contributed by atoms with Gasteiger partial charge in [0.2, 0.25) is 17.7 Å². The summed E-state index contributed by atoms with van der Waals surface area (Å²) in [5, 5.41) is 34.8. The molecule has 9 N–H and O–H groups in total. The molecule has 15 heteroatoms. The third-order valence-corrected chi connectivity index (χ3v) is 5.91. The number of carboxylic acid groups (broad SMARTS) is 3. The van der Waals surface area contributed by atoms with Crippen LogP contribution < -0.4 is 21.7 Å². The first-order valence-corrected chi connectivity index (χ1v) is 12.0. The molecule has 206 valence electrons. The van der Waals surface area contributed by atoms with Gasteiger partial charge in [-0.3, -0.25) is 24.0 Å². The van der Waals surface area contributed by atoms with E-state index in [-0.39, 0.29) is 12.2 Å². The first-order valence-electron chi connectivity index (χ1n) is 11.4. The van der Waals surface area contributed by atoms with Gasteiger partial charge in [-0.2, -0.15) is 12.6 Å². The molecule has 0 radical (unpaired) electrons. The maximum Gasteiger partial charge on any atom is 0.327 e. The number of benzene rings is 1. The molecule has 0 saturated heterocycles. The normalized spacial score (nSPS) is 14.1. The lowest BCUT2D eigenvalue weighted by molar-refractivity contribution is -0.143. The van der Waals surface area contributed by atoms with Crippen molar-refractivity contribution >= 4 is 59.2 Å². The van der Waals surface area contributed by atoms with Gasteiger partial charge >= 0.3 is 17.9 Å². The minimum atomic E-state index is -1.66. The highest BCUT2D eigenvalue weighted by Gasteiger charge is 2.31. The maximum absolute atomic E-state index is 12.9. The van der Waals surface area contributed by atoms with E-state index in [1.807, 2.05) is 24.3 Å². The molecule has 14 nitrogen and oxygen atoms in total. The van der Waals surface area contributed by atoms with Gasteiger partial charge in [-0.1, -0.05) is 18.2 Å². The molecule has 0 fully saturated rings. The van der Waals surface area contributed by atoms with E-state index in [2.05, 4.69) is 33.6 Å². The number of aromatic amines is 1. The Balaban J connectivity index is 2.14. The number of fused-ring (bicyclic) bond motifs is 1. The highest BCUT2D eigenvalue weighted by molar-refractivity contribution is 7.80. The molecule has 4 atom stereocenters. The van der Waals surface area contributed by atoms with Crippen molar-refractivity contribution in [3.63, 3.8) is 0 Å². The zero-order chi connectivity index (χ0) is 28.4. The lowest BCUT2D eigenvalue weighted by Crippen LogP contribution is -2.57. The molecule has 1 heterocycles. The fraction of sp³-hybridized carbons (Fsp3) is 0.391. The van der Waals surface area contributed by atoms with Gasteiger partial charge in [-0.25, -0.2) is 4.79 Å². The Morgan fingerprint density at radius 3 is 2.08 bits per heavy atom. The quantitative estimate of drug-likeness (QED) is 0.120. The van der Waals surface area contributed by atoms with E-state index < -0.39 is 79.1 Å². The van der Waals surface area contributed by atoms with Crippen LogP contribution >= 0.6 is 12.6 Å². The summed E-state index contributed by atoms with van der Waals surface area (Å²) >= 11 is 3.83. The van der Waals surface area contributed by atoms with E-state index in [4.69, 9.17) is 15.9 Å². The molecule has 0 spiro atoms. The summed E-state index contributed by atoms with van der Waals surface area (Å²) in [6, 6.07) is 1.53. The Labute approximate surface area is 221 Å². The summed E-state index contributed by atoms with van der Waals surface area (Å²) in [6.45, 7) is 0. The summed E-state index contributed by atoms with van der Waals surface area (Å²) in [5.41, 5.74) is 7.56. The number of rotatable bonds is 15. The highest BCUT2D eigenvalue weighted by atomic mass is 32.1. The van der Waals surface area contributed by atoms with Crippen LogP contribution in [0.1, 0.15) is 24.8 Å². The van der Waals surface area contributed by atoms with Crippen LogP contribution in [0.25, 0.3) is 10.9 Å². The van der Waals surface area contributed by atoms with Gasteiger partial charge in [-0.05, 0) is 24.5 Å². The van der Waals surface area contributed by atoms with Crippen LogP contribution in [0, 0.1) is 0 Å². The van der Waals surface area contributed by atoms with Gasteiger partial charge in [0.05, 0.1) is 12.5 Å². The number of thiol groups is 1. The Morgan fingerprint density at radius 2 is 1.47 bits per heavy atom. The van der Waals surface area contributed by atoms with Crippen molar-refractivity contribution in [2.24, 2.45) is 5.73 Å². The average molecular weight is 552 g/mol. The number of hydrogen-bond donors (Lipinski definition) is 9. The van der Waals surface area contributed by atoms with E-state index in [0.717, 1.165) is 16.5 Å². The van der Waals surface area contributed by atoms with Gasteiger partial charge in [0, 0.05) is 29.3 Å². The number of H-pyrrole nitrogens is 1. The number of carboxylic acids is 3. The standard InChI is InChI=1S/C23H29N5O9S/c24-13(7-11-9-25-14-4-2-1-3-12(11)14)20(33)27-16(8-19(31)32)22(35)26-15(5-6-18(29)30)21(34)28-17(10-38)23(36)37/h1-4,9,13,15-17,25,38H,5-8,10,24H2,(H,26,35)(H,27,33)(H,28,34)(H,29,30)(H,31,32)(H,36,37). The maximum atomic E-state index is 12.9. The topological polar surface area (TPSA) is 241 Å². The second kappa shape index (κ2) is 14.0. The predicted molar refractivity (Wildman–Crippen MR) is 136 cm³/mol. The van der Waals surface area contributed by atoms with Crippen LogP contribution in [0.3, 0.4) is 0 Å². The SMILES string of the molecule is NC(Cc1c[nH]c2ccccc12)C(=O)NC(CC(=O)O)C(=O)NC(CCC(=O)O)C(=O)NC(CS)C(=O)O. The number of nitrogens with one attached hydrogen (secondary N) is 4. The number of amides is 3. The second-order valence-electron chi connectivity index (χ2n) is 8.40. The summed E-state index contributed by atoms with van der Waals surface area (Å²) in [4.78, 5) is 74.8. The van der Waals surface area contributed by atoms with Crippen LogP contribution in [0.4, 0.5) is 0 Å². The van der Waals surface area contributed by atoms with E-state index in [9.17, 15) is 33.9 Å². The summed E-state index contributed by atoms with van der Waals surface area (Å²) in [6.07, 6.45) is -0.109. The van der Waals surface area contributed by atoms with Crippen molar-refractivity contribution in [1.29, 1.82) is 0 Å². The number of nitrogens with two attached hydrogens (primary N) is 1. The molecule has 0 saturated carbocycles. The molecule has 0 aliphatic carbocycles. The molecule has 4 unspecified atom stereocenters. The molecule has 0 aliphatic heterocycles. The van der Waals surface area contributed by atoms with Crippen LogP contribution in [-0.4, -0.2) is 85.9 Å². The fourth-order valence-corrected chi connectivity index (χ4v) is 3.81. The minimum Gasteiger partial charge on any atom is -0.481 e. The lowest BCUT2D eigenvalue weighted by Gasteiger charge is -2.24. The van der Waals surface area contributed by atoms with E-state index >= 15 is 0 Å². The largest absolute Gasteiger partial charge is 0.481 e. The van der Waals surface area contributed by atoms with Crippen LogP contribution in [0.15, 0.2) is 30.5 Å². The van der Waals surface area contributed by atoms with Crippen molar-refractivity contribution in [2.45, 2.75) is 49.9 Å². The number of para-hydroxylation sites is 1. The van der Waals surface area contributed by atoms with Gasteiger partial charge < -0.3 is 42.0 Å². The molecule has 1 aromatic heterocycles. The second-order valence-corrected chi connectivity index (χ2v) is 8.77. The molecule has 1 aromatic carbocycles. The van der Waals surface area contributed by atoms with Crippen molar-refractivity contribution in [2.75, 3.05) is 5.75 Å². The highest BCUT2D eigenvalue weighted by Crippen LogP contribution is 2.18. The van der Waals surface area contributed by atoms with Crippen molar-refractivity contribution < 1.29 is 44.1 Å². The fourth-order valence-electron chi connectivity index (χ4n) is 3.56. The molecule has 0 bridgehead atoms. The Hall–Kier alpha value is -4.11. The zero-order valence-corrected chi connectivity index (χ0v) is 20.9. The van der Waals surface area contributed by atoms with E-state index in [1.54, 1.807) is 6.20 Å². The summed E-state index contributed by atoms with van der Waals surface area (Å²) in [5.74, 6) is -7.36. The first-order chi connectivity index (χ1) is 17.9. The van der Waals surface area contributed by atoms with Gasteiger partial charge in [0.1, 0.15) is 18.1 Å². The molecule has 38 heavy (non-hydrogen) atoms. The molecule has 0 aliphatic rings. The summed E-state index contributed by atoms with van der Waals surface area (Å²) in [7, 11) is 0. The Kier molecular flexibility index (Phi) is 11.1. The van der Waals surface area contributed by atoms with E-state index in [1.165, 1.54) is 0 Å². The Bertz CT molecular complexity index is 1200. The third-order valence-electron chi connectivity index (χ3n) is 5.54. The predicted octanol–water partition coefficient (Wildman–Crippen LogP) is -1.15. The third kappa shape index (κ3) is 8.77. The summed E-state index contributed by atoms with van der Waals surface area (Å²) < 4.78 is 0. The van der Waals surface area contributed by atoms with E-state index in [0.29, 0.717) is 0 Å². The van der Waals surface area contributed by atoms with Crippen LogP contribution in [-0.2, 0) is 35.2 Å². The number of carbonyl (C=O) groups excluding carboxylic acids is 3. The van der Waals surface area contributed by atoms with Crippen LogP contribution in [0.2, 0.25) is 0 Å². The van der Waals surface area contributed by atoms with Gasteiger partial charge in [0.25, 0.3) is 0 Å². The van der Waals surface area contributed by atoms with Crippen molar-refractivity contribution in [3.8, 4) is 0 Å². The number of aromatic nitrogens is 1. The van der Waals surface area contributed by atoms with Crippen molar-refractivity contribution in [1.82, 2.24) is 20.9 Å². The molecular formula is C23H29N5O9S. The van der Waals surface area contributed by atoms with Gasteiger partial charge in [-0.15, -0.1) is 0 Å². The molecule has 3 amide bonds. The molecule has 2 aromatic rings. The number of hydrogen-bond acceptors (Lipinski definition) is 8. The zero-order valence-electron chi connectivity index (χ0n) is 20.0. The molecular weight excluding hydrogens is 522 g/mol. The lowest BCUT2D eigenvalue weighted by atomic mass is 10.0. The van der Waals surface area contributed by atoms with Crippen molar-refractivity contribution in [3.05, 3.63) is 36.0 Å². The molecule has 2 rings (SSSR count). The number of aliphatic carboxylic acids is 3. The smallest absolute Gasteiger partial charge is 0.327 e.